The Morgan fingerprint density at radius 1 is 1.40 bits per heavy atom. The number of hydrogen-bond acceptors (Lipinski definition) is 1. The molecule has 1 atom stereocenters. The Kier molecular flexibility index (Phi) is 3.77. The zero-order chi connectivity index (χ0) is 7.40. The van der Waals surface area contributed by atoms with Gasteiger partial charge >= 0.3 is 0 Å². The maximum Gasteiger partial charge on any atom is 0.285 e. The molecular weight excluding hydrogens is 139 g/mol. The fraction of sp³-hybridized carbons (Fsp3) is 1.00. The van der Waals surface area contributed by atoms with E-state index < -0.39 is 0 Å². The Morgan fingerprint density at radius 3 is 2.70 bits per heavy atom. The van der Waals surface area contributed by atoms with Gasteiger partial charge in [-0.3, -0.25) is 0 Å². The summed E-state index contributed by atoms with van der Waals surface area (Å²) in [6.07, 6.45) is 4.05. The Balaban J connectivity index is 2.13. The maximum atomic E-state index is 5.65. The van der Waals surface area contributed by atoms with Crippen molar-refractivity contribution in [3.05, 3.63) is 0 Å². The summed E-state index contributed by atoms with van der Waals surface area (Å²) in [5, 5.41) is 0. The van der Waals surface area contributed by atoms with Gasteiger partial charge in [0.05, 0.1) is 0 Å². The van der Waals surface area contributed by atoms with Crippen LogP contribution in [0.2, 0.25) is 4.78 Å². The fourth-order valence-electron chi connectivity index (χ4n) is 1.52. The van der Waals surface area contributed by atoms with Crippen LogP contribution in [0.4, 0.5) is 0 Å². The normalized spacial score (nSPS) is 26.9. The van der Waals surface area contributed by atoms with Crippen LogP contribution < -0.4 is 0 Å². The predicted molar refractivity (Wildman–Crippen MR) is 45.8 cm³/mol. The molecular formula is C8H17AlO. The van der Waals surface area contributed by atoms with Gasteiger partial charge in [-0.15, -0.1) is 0 Å². The molecule has 0 aromatic heterocycles. The highest BCUT2D eigenvalue weighted by atomic mass is 27.1. The quantitative estimate of drug-likeness (QED) is 0.554. The molecule has 0 radical (unpaired) electrons. The molecule has 0 aromatic rings. The second-order valence-electron chi connectivity index (χ2n) is 3.62. The first-order valence-electron chi connectivity index (χ1n) is 4.40. The lowest BCUT2D eigenvalue weighted by atomic mass is 10.2. The largest absolute Gasteiger partial charge is 0.394 e. The third-order valence-corrected chi connectivity index (χ3v) is 4.12. The van der Waals surface area contributed by atoms with Gasteiger partial charge in [-0.2, -0.15) is 0 Å². The topological polar surface area (TPSA) is 9.23 Å². The smallest absolute Gasteiger partial charge is 0.285 e. The van der Waals surface area contributed by atoms with Gasteiger partial charge in [-0.25, -0.2) is 0 Å². The van der Waals surface area contributed by atoms with Crippen LogP contribution in [0, 0.1) is 0 Å². The Hall–Kier alpha value is 0.492. The molecule has 1 aliphatic heterocycles. The molecule has 1 saturated heterocycles. The summed E-state index contributed by atoms with van der Waals surface area (Å²) in [4.78, 5) is 0.716. The van der Waals surface area contributed by atoms with Gasteiger partial charge in [0.15, 0.2) is 0 Å². The summed E-state index contributed by atoms with van der Waals surface area (Å²) in [7, 11) is 0. The van der Waals surface area contributed by atoms with Crippen LogP contribution in [0.3, 0.4) is 0 Å². The van der Waals surface area contributed by atoms with Crippen LogP contribution in [0.15, 0.2) is 0 Å². The summed E-state index contributed by atoms with van der Waals surface area (Å²) in [5.41, 5.74) is 0. The van der Waals surface area contributed by atoms with E-state index in [2.05, 4.69) is 13.8 Å². The Bertz CT molecular complexity index is 87.3. The third kappa shape index (κ3) is 3.05. The molecule has 0 aromatic carbocycles. The molecule has 0 aliphatic carbocycles. The Morgan fingerprint density at radius 2 is 2.20 bits per heavy atom. The van der Waals surface area contributed by atoms with E-state index in [0.29, 0.717) is 4.97 Å². The molecule has 0 N–H and O–H groups in total. The molecule has 0 bridgehead atoms. The van der Waals surface area contributed by atoms with Crippen LogP contribution in [-0.2, 0) is 4.74 Å². The first-order chi connectivity index (χ1) is 4.79. The zero-order valence-electron chi connectivity index (χ0n) is 7.10. The number of ether oxygens (including phenoxy) is 1. The Labute approximate surface area is 69.9 Å². The molecule has 0 saturated carbocycles. The van der Waals surface area contributed by atoms with Crippen molar-refractivity contribution in [3.8, 4) is 0 Å². The van der Waals surface area contributed by atoms with Crippen LogP contribution in [0.25, 0.3) is 0 Å². The number of rotatable bonds is 2. The van der Waals surface area contributed by atoms with E-state index in [1.165, 1.54) is 19.3 Å². The van der Waals surface area contributed by atoms with Crippen molar-refractivity contribution < 1.29 is 4.74 Å². The van der Waals surface area contributed by atoms with Crippen molar-refractivity contribution in [2.75, 3.05) is 6.61 Å². The lowest BCUT2D eigenvalue weighted by Crippen LogP contribution is -2.26. The van der Waals surface area contributed by atoms with Crippen molar-refractivity contribution >= 4 is 15.2 Å². The summed E-state index contributed by atoms with van der Waals surface area (Å²) >= 11 is 0.0781. The first-order valence-corrected chi connectivity index (χ1v) is 6.04. The molecule has 10 heavy (non-hydrogen) atoms. The van der Waals surface area contributed by atoms with Crippen molar-refractivity contribution in [2.24, 2.45) is 0 Å². The maximum absolute atomic E-state index is 5.65. The second kappa shape index (κ2) is 4.39. The van der Waals surface area contributed by atoms with Gasteiger partial charge in [0.25, 0.3) is 15.2 Å². The lowest BCUT2D eigenvalue weighted by Gasteiger charge is -2.22. The molecule has 1 nitrogen and oxygen atoms in total. The minimum Gasteiger partial charge on any atom is -0.394 e. The molecule has 2 heteroatoms. The molecule has 1 aliphatic rings. The van der Waals surface area contributed by atoms with E-state index >= 15 is 0 Å². The SMILES string of the molecule is C[CH](C)[AlH][CH]1CCCCO1. The molecule has 1 fully saturated rings. The van der Waals surface area contributed by atoms with Crippen LogP contribution >= 0.6 is 0 Å². The van der Waals surface area contributed by atoms with Gasteiger partial charge in [-0.05, 0) is 19.3 Å². The molecule has 58 valence electrons. The van der Waals surface area contributed by atoms with Gasteiger partial charge in [-0.1, -0.05) is 18.6 Å². The van der Waals surface area contributed by atoms with E-state index in [1.807, 2.05) is 0 Å². The van der Waals surface area contributed by atoms with Crippen LogP contribution in [-0.4, -0.2) is 26.8 Å². The van der Waals surface area contributed by atoms with E-state index in [9.17, 15) is 0 Å². The highest BCUT2D eigenvalue weighted by molar-refractivity contribution is 6.39. The summed E-state index contributed by atoms with van der Waals surface area (Å²) in [5.74, 6) is 0. The van der Waals surface area contributed by atoms with Gasteiger partial charge < -0.3 is 4.74 Å². The van der Waals surface area contributed by atoms with E-state index in [1.54, 1.807) is 0 Å². The third-order valence-electron chi connectivity index (χ3n) is 2.01. The van der Waals surface area contributed by atoms with Crippen molar-refractivity contribution in [2.45, 2.75) is 42.9 Å². The standard InChI is InChI=1S/C5H9O.C3H7.Al.H/c1-2-4-6-5-3-1;1-3-2;;/h4H,1-3,5H2;3H,1-2H3;;. The molecule has 0 spiro atoms. The lowest BCUT2D eigenvalue weighted by molar-refractivity contribution is 0.0645. The second-order valence-corrected chi connectivity index (χ2v) is 6.63. The molecule has 1 heterocycles. The van der Waals surface area contributed by atoms with Crippen LogP contribution in [0.5, 0.6) is 0 Å². The van der Waals surface area contributed by atoms with Gasteiger partial charge in [0.2, 0.25) is 0 Å². The summed E-state index contributed by atoms with van der Waals surface area (Å²) in [6, 6.07) is 0. The predicted octanol–water partition coefficient (Wildman–Crippen LogP) is 1.78. The highest BCUT2D eigenvalue weighted by Crippen LogP contribution is 2.15. The summed E-state index contributed by atoms with van der Waals surface area (Å²) < 4.78 is 6.58. The fourth-order valence-corrected chi connectivity index (χ4v) is 3.40. The van der Waals surface area contributed by atoms with E-state index in [0.717, 1.165) is 11.4 Å². The average molecular weight is 156 g/mol. The molecule has 1 unspecified atom stereocenters. The van der Waals surface area contributed by atoms with Crippen LogP contribution in [0.1, 0.15) is 33.1 Å². The molecule has 0 amide bonds. The minimum atomic E-state index is 0.0781. The van der Waals surface area contributed by atoms with E-state index in [-0.39, 0.29) is 15.2 Å². The van der Waals surface area contributed by atoms with Gasteiger partial charge in [0, 0.05) is 11.6 Å². The summed E-state index contributed by atoms with van der Waals surface area (Å²) in [6.45, 7) is 5.68. The average Bonchev–Trinajstić information content (AvgIpc) is 1.88. The highest BCUT2D eigenvalue weighted by Gasteiger charge is 2.17. The first kappa shape index (κ1) is 8.59. The van der Waals surface area contributed by atoms with Crippen molar-refractivity contribution in [3.63, 3.8) is 0 Å². The molecule has 1 rings (SSSR count). The minimum absolute atomic E-state index is 0.0781. The van der Waals surface area contributed by atoms with Crippen molar-refractivity contribution in [1.29, 1.82) is 0 Å². The monoisotopic (exact) mass is 156 g/mol. The van der Waals surface area contributed by atoms with Gasteiger partial charge in [0.1, 0.15) is 0 Å². The van der Waals surface area contributed by atoms with Crippen molar-refractivity contribution in [1.82, 2.24) is 0 Å². The number of hydrogen-bond donors (Lipinski definition) is 0. The zero-order valence-corrected chi connectivity index (χ0v) is 8.51. The van der Waals surface area contributed by atoms with E-state index in [4.69, 9.17) is 4.74 Å².